The number of unbranched alkanes of at least 4 members (excludes halogenated alkanes) is 27. The molecule has 320 valence electrons. The Balaban J connectivity index is 1.38. The molecule has 7 heteroatoms. The molecule has 0 amide bonds. The minimum absolute atomic E-state index is 0.889. The van der Waals surface area contributed by atoms with Gasteiger partial charge in [0.15, 0.2) is 0 Å². The highest BCUT2D eigenvalue weighted by atomic mass is 79.9. The standard InChI is InChI=1S/C50H79Br2N3S2/c1-4-7-10-13-16-19-22-25-28-31-34-41-39-45(56-49(41)51)43-36-37-44(46-40-42(50(52)57-46)35-32-29-26-23-20-17-14-11-8-5-2)48-47(43)53-55(54-48)38-33-30-27-24-21-18-15-12-9-6-3/h36-37,39-40H,4-35,38H2,1-3H3. The molecule has 0 fully saturated rings. The highest BCUT2D eigenvalue weighted by Crippen LogP contribution is 2.43. The van der Waals surface area contributed by atoms with E-state index >= 15 is 0 Å². The predicted molar refractivity (Wildman–Crippen MR) is 262 cm³/mol. The van der Waals surface area contributed by atoms with Crippen LogP contribution in [0.15, 0.2) is 31.8 Å². The van der Waals surface area contributed by atoms with E-state index in [1.807, 2.05) is 27.5 Å². The smallest absolute Gasteiger partial charge is 0.122 e. The van der Waals surface area contributed by atoms with Crippen molar-refractivity contribution < 1.29 is 0 Å². The summed E-state index contributed by atoms with van der Waals surface area (Å²) in [6.45, 7) is 7.79. The Morgan fingerprint density at radius 1 is 0.421 bits per heavy atom. The van der Waals surface area contributed by atoms with Crippen LogP contribution in [0.4, 0.5) is 0 Å². The van der Waals surface area contributed by atoms with Crippen molar-refractivity contribution >= 4 is 65.6 Å². The summed E-state index contributed by atoms with van der Waals surface area (Å²) in [6.07, 6.45) is 43.2. The van der Waals surface area contributed by atoms with E-state index < -0.39 is 0 Å². The van der Waals surface area contributed by atoms with E-state index in [0.29, 0.717) is 0 Å². The summed E-state index contributed by atoms with van der Waals surface area (Å²) in [7, 11) is 0. The Kier molecular flexibility index (Phi) is 25.7. The highest BCUT2D eigenvalue weighted by Gasteiger charge is 2.20. The summed E-state index contributed by atoms with van der Waals surface area (Å²) in [5.41, 5.74) is 7.46. The van der Waals surface area contributed by atoms with Gasteiger partial charge >= 0.3 is 0 Å². The van der Waals surface area contributed by atoms with Crippen molar-refractivity contribution in [1.29, 1.82) is 0 Å². The Bertz CT molecular complexity index is 1520. The summed E-state index contributed by atoms with van der Waals surface area (Å²) >= 11 is 11.7. The minimum Gasteiger partial charge on any atom is -0.184 e. The molecule has 0 bridgehead atoms. The van der Waals surface area contributed by atoms with Gasteiger partial charge in [-0.3, -0.25) is 0 Å². The second kappa shape index (κ2) is 30.1. The zero-order valence-electron chi connectivity index (χ0n) is 36.6. The lowest BCUT2D eigenvalue weighted by atomic mass is 10.0. The van der Waals surface area contributed by atoms with Crippen molar-refractivity contribution in [2.45, 2.75) is 233 Å². The van der Waals surface area contributed by atoms with Crippen molar-refractivity contribution in [1.82, 2.24) is 15.0 Å². The van der Waals surface area contributed by atoms with Crippen molar-refractivity contribution in [3.05, 3.63) is 43.0 Å². The van der Waals surface area contributed by atoms with Crippen LogP contribution in [0.25, 0.3) is 31.9 Å². The average molecular weight is 946 g/mol. The quantitative estimate of drug-likeness (QED) is 0.0430. The van der Waals surface area contributed by atoms with Gasteiger partial charge in [0.2, 0.25) is 0 Å². The normalized spacial score (nSPS) is 11.8. The predicted octanol–water partition coefficient (Wildman–Crippen LogP) is 19.3. The first-order valence-electron chi connectivity index (χ1n) is 24.0. The number of hydrogen-bond donors (Lipinski definition) is 0. The van der Waals surface area contributed by atoms with E-state index in [1.54, 1.807) is 0 Å². The molecular weight excluding hydrogens is 867 g/mol. The van der Waals surface area contributed by atoms with Crippen LogP contribution in [0.3, 0.4) is 0 Å². The van der Waals surface area contributed by atoms with Gasteiger partial charge in [-0.1, -0.05) is 206 Å². The molecule has 1 aromatic carbocycles. The first-order valence-corrected chi connectivity index (χ1v) is 27.2. The molecule has 0 aliphatic rings. The van der Waals surface area contributed by atoms with Crippen molar-refractivity contribution in [2.24, 2.45) is 0 Å². The molecule has 3 heterocycles. The maximum atomic E-state index is 5.24. The first kappa shape index (κ1) is 48.6. The van der Waals surface area contributed by atoms with Gasteiger partial charge in [-0.25, -0.2) is 0 Å². The number of aryl methyl sites for hydroxylation is 3. The molecule has 4 rings (SSSR count). The Labute approximate surface area is 374 Å². The number of halogens is 2. The van der Waals surface area contributed by atoms with E-state index in [0.717, 1.165) is 36.8 Å². The largest absolute Gasteiger partial charge is 0.184 e. The number of thiophene rings is 2. The molecule has 0 unspecified atom stereocenters. The molecule has 0 aliphatic heterocycles. The topological polar surface area (TPSA) is 30.7 Å². The van der Waals surface area contributed by atoms with Gasteiger partial charge in [-0.15, -0.1) is 22.7 Å². The molecule has 3 aromatic heterocycles. The summed E-state index contributed by atoms with van der Waals surface area (Å²) < 4.78 is 2.56. The minimum atomic E-state index is 0.889. The van der Waals surface area contributed by atoms with Crippen LogP contribution < -0.4 is 0 Å². The van der Waals surface area contributed by atoms with Crippen LogP contribution >= 0.6 is 54.5 Å². The fourth-order valence-electron chi connectivity index (χ4n) is 8.30. The van der Waals surface area contributed by atoms with Crippen LogP contribution in [-0.2, 0) is 19.4 Å². The number of benzene rings is 1. The monoisotopic (exact) mass is 943 g/mol. The zero-order valence-corrected chi connectivity index (χ0v) is 41.4. The van der Waals surface area contributed by atoms with Gasteiger partial charge in [0, 0.05) is 20.9 Å². The van der Waals surface area contributed by atoms with E-state index in [-0.39, 0.29) is 0 Å². The Hall–Kier alpha value is -1.02. The SMILES string of the molecule is CCCCCCCCCCCCc1cc(-c2ccc(-c3cc(CCCCCCCCCCCC)c(Br)s3)c3nn(CCCCCCCCCCCC)nc23)sc1Br. The molecule has 0 aliphatic carbocycles. The van der Waals surface area contributed by atoms with Crippen LogP contribution in [0.1, 0.15) is 225 Å². The number of nitrogens with zero attached hydrogens (tertiary/aromatic N) is 3. The molecular formula is C50H79Br2N3S2. The van der Waals surface area contributed by atoms with Crippen LogP contribution in [0, 0.1) is 0 Å². The lowest BCUT2D eigenvalue weighted by Crippen LogP contribution is -2.02. The van der Waals surface area contributed by atoms with Crippen molar-refractivity contribution in [2.75, 3.05) is 0 Å². The first-order chi connectivity index (χ1) is 28.0. The van der Waals surface area contributed by atoms with Crippen LogP contribution in [-0.4, -0.2) is 15.0 Å². The van der Waals surface area contributed by atoms with Gasteiger partial charge in [-0.2, -0.15) is 15.0 Å². The van der Waals surface area contributed by atoms with Gasteiger partial charge in [0.05, 0.1) is 14.1 Å². The second-order valence-corrected chi connectivity index (χ2v) is 21.8. The molecule has 0 N–H and O–H groups in total. The van der Waals surface area contributed by atoms with E-state index in [2.05, 4.69) is 76.9 Å². The Morgan fingerprint density at radius 2 is 0.719 bits per heavy atom. The maximum Gasteiger partial charge on any atom is 0.122 e. The lowest BCUT2D eigenvalue weighted by molar-refractivity contribution is 0.483. The maximum absolute atomic E-state index is 5.24. The molecule has 0 saturated heterocycles. The lowest BCUT2D eigenvalue weighted by Gasteiger charge is -2.04. The number of hydrogen-bond acceptors (Lipinski definition) is 4. The molecule has 0 spiro atoms. The van der Waals surface area contributed by atoms with Gasteiger partial charge in [-0.05, 0) is 87.2 Å². The fraction of sp³-hybridized carbons (Fsp3) is 0.720. The van der Waals surface area contributed by atoms with E-state index in [1.165, 1.54) is 226 Å². The highest BCUT2D eigenvalue weighted by molar-refractivity contribution is 9.11. The molecule has 0 atom stereocenters. The van der Waals surface area contributed by atoms with Gasteiger partial charge in [0.1, 0.15) is 11.0 Å². The van der Waals surface area contributed by atoms with Crippen LogP contribution in [0.2, 0.25) is 0 Å². The van der Waals surface area contributed by atoms with Crippen molar-refractivity contribution in [3.63, 3.8) is 0 Å². The fourth-order valence-corrected chi connectivity index (χ4v) is 11.9. The van der Waals surface area contributed by atoms with E-state index in [4.69, 9.17) is 10.2 Å². The number of rotatable bonds is 35. The molecule has 0 saturated carbocycles. The third-order valence-corrected chi connectivity index (χ3v) is 15.9. The molecule has 57 heavy (non-hydrogen) atoms. The molecule has 0 radical (unpaired) electrons. The zero-order chi connectivity index (χ0) is 40.3. The number of fused-ring (bicyclic) bond motifs is 1. The molecule has 4 aromatic rings. The van der Waals surface area contributed by atoms with E-state index in [9.17, 15) is 0 Å². The second-order valence-electron chi connectivity index (χ2n) is 17.0. The molecule has 3 nitrogen and oxygen atoms in total. The Morgan fingerprint density at radius 3 is 1.05 bits per heavy atom. The average Bonchev–Trinajstić information content (AvgIpc) is 3.92. The van der Waals surface area contributed by atoms with Crippen LogP contribution in [0.5, 0.6) is 0 Å². The number of aromatic nitrogens is 3. The van der Waals surface area contributed by atoms with Gasteiger partial charge in [0.25, 0.3) is 0 Å². The summed E-state index contributed by atoms with van der Waals surface area (Å²) in [5, 5.41) is 10.5. The van der Waals surface area contributed by atoms with Gasteiger partial charge < -0.3 is 0 Å². The third-order valence-electron chi connectivity index (χ3n) is 11.9. The summed E-state index contributed by atoms with van der Waals surface area (Å²) in [5.74, 6) is 0. The third kappa shape index (κ3) is 18.2. The van der Waals surface area contributed by atoms with Crippen molar-refractivity contribution in [3.8, 4) is 20.9 Å². The summed E-state index contributed by atoms with van der Waals surface area (Å²) in [6, 6.07) is 9.53. The summed E-state index contributed by atoms with van der Waals surface area (Å²) in [4.78, 5) is 4.63.